The maximum atomic E-state index is 12.4. The van der Waals surface area contributed by atoms with Gasteiger partial charge in [-0.05, 0) is 38.8 Å². The molecule has 0 spiro atoms. The Hall–Kier alpha value is -1.60. The number of hydrogen-bond donors (Lipinski definition) is 2. The summed E-state index contributed by atoms with van der Waals surface area (Å²) in [6, 6.07) is 3.34. The van der Waals surface area contributed by atoms with Gasteiger partial charge in [0.15, 0.2) is 0 Å². The highest BCUT2D eigenvalue weighted by atomic mass is 32.2. The van der Waals surface area contributed by atoms with E-state index in [-0.39, 0.29) is 23.1 Å². The van der Waals surface area contributed by atoms with Crippen LogP contribution in [0.15, 0.2) is 23.4 Å². The van der Waals surface area contributed by atoms with Crippen LogP contribution in [0.25, 0.3) is 0 Å². The van der Waals surface area contributed by atoms with Gasteiger partial charge in [0.25, 0.3) is 5.91 Å². The fraction of sp³-hybridized carbons (Fsp3) is 0.562. The standard InChI is InChI=1S/C16H24N4O2S/c1-11(10-17)19-14(21)13-6-5-7-18-15(13)23-12(2)16(22)20-8-3-4-9-20/h5-7,11-12H,3-4,8-10,17H2,1-2H3,(H,19,21)/t11-,12?/m0/s1. The summed E-state index contributed by atoms with van der Waals surface area (Å²) in [5, 5.41) is 3.15. The molecule has 1 fully saturated rings. The molecular formula is C16H24N4O2S. The zero-order chi connectivity index (χ0) is 16.8. The molecule has 7 heteroatoms. The van der Waals surface area contributed by atoms with E-state index in [1.807, 2.05) is 18.7 Å². The number of rotatable bonds is 6. The number of hydrogen-bond acceptors (Lipinski definition) is 5. The number of nitrogens with zero attached hydrogens (tertiary/aromatic N) is 2. The van der Waals surface area contributed by atoms with Crippen molar-refractivity contribution in [2.24, 2.45) is 5.73 Å². The van der Waals surface area contributed by atoms with Crippen molar-refractivity contribution in [3.8, 4) is 0 Å². The minimum atomic E-state index is -0.263. The van der Waals surface area contributed by atoms with Gasteiger partial charge in [0.1, 0.15) is 5.03 Å². The van der Waals surface area contributed by atoms with Crippen LogP contribution in [0.4, 0.5) is 0 Å². The van der Waals surface area contributed by atoms with Crippen molar-refractivity contribution in [1.82, 2.24) is 15.2 Å². The van der Waals surface area contributed by atoms with Crippen LogP contribution in [0, 0.1) is 0 Å². The highest BCUT2D eigenvalue weighted by Gasteiger charge is 2.26. The van der Waals surface area contributed by atoms with Crippen molar-refractivity contribution in [1.29, 1.82) is 0 Å². The number of pyridine rings is 1. The monoisotopic (exact) mass is 336 g/mol. The van der Waals surface area contributed by atoms with E-state index in [1.54, 1.807) is 18.3 Å². The lowest BCUT2D eigenvalue weighted by Gasteiger charge is -2.20. The van der Waals surface area contributed by atoms with Crippen LogP contribution in [0.1, 0.15) is 37.0 Å². The molecule has 2 atom stereocenters. The summed E-state index contributed by atoms with van der Waals surface area (Å²) in [5.74, 6) is -0.0980. The molecule has 1 aromatic heterocycles. The lowest BCUT2D eigenvalue weighted by atomic mass is 10.2. The summed E-state index contributed by atoms with van der Waals surface area (Å²) in [6.45, 7) is 5.74. The third-order valence-corrected chi connectivity index (χ3v) is 4.90. The van der Waals surface area contributed by atoms with Crippen LogP contribution < -0.4 is 11.1 Å². The summed E-state index contributed by atoms with van der Waals surface area (Å²) in [5.41, 5.74) is 6.03. The molecule has 0 saturated carbocycles. The minimum absolute atomic E-state index is 0.107. The summed E-state index contributed by atoms with van der Waals surface area (Å²) in [7, 11) is 0. The predicted molar refractivity (Wildman–Crippen MR) is 91.4 cm³/mol. The Morgan fingerprint density at radius 3 is 2.74 bits per heavy atom. The summed E-state index contributed by atoms with van der Waals surface area (Å²) < 4.78 is 0. The van der Waals surface area contributed by atoms with Crippen molar-refractivity contribution in [3.63, 3.8) is 0 Å². The molecule has 2 rings (SSSR count). The number of aromatic nitrogens is 1. The number of amides is 2. The third-order valence-electron chi connectivity index (χ3n) is 3.80. The number of carbonyl (C=O) groups is 2. The fourth-order valence-corrected chi connectivity index (χ4v) is 3.42. The van der Waals surface area contributed by atoms with Gasteiger partial charge in [-0.3, -0.25) is 9.59 Å². The molecule has 2 amide bonds. The third kappa shape index (κ3) is 4.68. The second-order valence-corrected chi connectivity index (χ2v) is 7.09. The molecule has 1 aliphatic heterocycles. The molecule has 1 aliphatic rings. The zero-order valence-electron chi connectivity index (χ0n) is 13.6. The van der Waals surface area contributed by atoms with E-state index in [1.165, 1.54) is 11.8 Å². The van der Waals surface area contributed by atoms with E-state index < -0.39 is 0 Å². The van der Waals surface area contributed by atoms with Gasteiger partial charge in [-0.2, -0.15) is 0 Å². The maximum absolute atomic E-state index is 12.4. The lowest BCUT2D eigenvalue weighted by molar-refractivity contribution is -0.129. The Balaban J connectivity index is 2.07. The van der Waals surface area contributed by atoms with Crippen LogP contribution in [0.2, 0.25) is 0 Å². The average molecular weight is 336 g/mol. The first-order chi connectivity index (χ1) is 11.0. The molecule has 3 N–H and O–H groups in total. The summed E-state index contributed by atoms with van der Waals surface area (Å²) in [6.07, 6.45) is 3.77. The molecule has 2 heterocycles. The highest BCUT2D eigenvalue weighted by Crippen LogP contribution is 2.26. The normalized spacial score (nSPS) is 16.9. The molecule has 0 aromatic carbocycles. The van der Waals surface area contributed by atoms with Crippen LogP contribution in [0.3, 0.4) is 0 Å². The first-order valence-electron chi connectivity index (χ1n) is 7.94. The number of nitrogens with one attached hydrogen (secondary N) is 1. The molecule has 0 aliphatic carbocycles. The van der Waals surface area contributed by atoms with Gasteiger partial charge in [-0.25, -0.2) is 4.98 Å². The Bertz CT molecular complexity index is 561. The van der Waals surface area contributed by atoms with Crippen molar-refractivity contribution < 1.29 is 9.59 Å². The van der Waals surface area contributed by atoms with E-state index >= 15 is 0 Å². The number of thioether (sulfide) groups is 1. The van der Waals surface area contributed by atoms with Gasteiger partial charge in [-0.15, -0.1) is 0 Å². The van der Waals surface area contributed by atoms with E-state index in [0.29, 0.717) is 17.1 Å². The molecule has 1 unspecified atom stereocenters. The van der Waals surface area contributed by atoms with E-state index in [4.69, 9.17) is 5.73 Å². The van der Waals surface area contributed by atoms with E-state index in [0.717, 1.165) is 25.9 Å². The Kier molecular flexibility index (Phi) is 6.41. The van der Waals surface area contributed by atoms with Gasteiger partial charge in [0.2, 0.25) is 5.91 Å². The first-order valence-corrected chi connectivity index (χ1v) is 8.82. The van der Waals surface area contributed by atoms with Crippen LogP contribution in [0.5, 0.6) is 0 Å². The topological polar surface area (TPSA) is 88.3 Å². The molecule has 1 aromatic rings. The first kappa shape index (κ1) is 17.7. The summed E-state index contributed by atoms with van der Waals surface area (Å²) in [4.78, 5) is 30.9. The van der Waals surface area contributed by atoms with Gasteiger partial charge in [-0.1, -0.05) is 11.8 Å². The molecular weight excluding hydrogens is 312 g/mol. The molecule has 126 valence electrons. The smallest absolute Gasteiger partial charge is 0.254 e. The minimum Gasteiger partial charge on any atom is -0.348 e. The second kappa shape index (κ2) is 8.31. The lowest BCUT2D eigenvalue weighted by Crippen LogP contribution is -2.38. The molecule has 0 bridgehead atoms. The molecule has 0 radical (unpaired) electrons. The maximum Gasteiger partial charge on any atom is 0.254 e. The number of likely N-dealkylation sites (tertiary alicyclic amines) is 1. The number of carbonyl (C=O) groups excluding carboxylic acids is 2. The quantitative estimate of drug-likeness (QED) is 0.764. The number of nitrogens with two attached hydrogens (primary N) is 1. The molecule has 23 heavy (non-hydrogen) atoms. The highest BCUT2D eigenvalue weighted by molar-refractivity contribution is 8.00. The van der Waals surface area contributed by atoms with Crippen LogP contribution in [-0.4, -0.2) is 52.6 Å². The largest absolute Gasteiger partial charge is 0.348 e. The predicted octanol–water partition coefficient (Wildman–Crippen LogP) is 1.26. The van der Waals surface area contributed by atoms with Crippen molar-refractivity contribution >= 4 is 23.6 Å². The summed E-state index contributed by atoms with van der Waals surface area (Å²) >= 11 is 1.33. The SMILES string of the molecule is CC(Sc1ncccc1C(=O)N[C@@H](C)CN)C(=O)N1CCCC1. The molecule has 1 saturated heterocycles. The van der Waals surface area contributed by atoms with Crippen molar-refractivity contribution in [2.45, 2.75) is 43.0 Å². The van der Waals surface area contributed by atoms with Gasteiger partial charge in [0.05, 0.1) is 10.8 Å². The molecule has 6 nitrogen and oxygen atoms in total. The second-order valence-electron chi connectivity index (χ2n) is 5.76. The van der Waals surface area contributed by atoms with Gasteiger partial charge < -0.3 is 16.0 Å². The zero-order valence-corrected chi connectivity index (χ0v) is 14.4. The van der Waals surface area contributed by atoms with Gasteiger partial charge >= 0.3 is 0 Å². The van der Waals surface area contributed by atoms with E-state index in [2.05, 4.69) is 10.3 Å². The Labute approximate surface area is 141 Å². The van der Waals surface area contributed by atoms with Gasteiger partial charge in [0, 0.05) is 31.9 Å². The Morgan fingerprint density at radius 1 is 1.39 bits per heavy atom. The van der Waals surface area contributed by atoms with Crippen molar-refractivity contribution in [2.75, 3.05) is 19.6 Å². The average Bonchev–Trinajstić information content (AvgIpc) is 3.08. The van der Waals surface area contributed by atoms with Crippen LogP contribution >= 0.6 is 11.8 Å². The Morgan fingerprint density at radius 2 is 2.09 bits per heavy atom. The van der Waals surface area contributed by atoms with Crippen molar-refractivity contribution in [3.05, 3.63) is 23.9 Å². The van der Waals surface area contributed by atoms with E-state index in [9.17, 15) is 9.59 Å². The fourth-order valence-electron chi connectivity index (χ4n) is 2.43. The van der Waals surface area contributed by atoms with Crippen LogP contribution in [-0.2, 0) is 4.79 Å².